The molecule has 0 amide bonds. The minimum Gasteiger partial charge on any atom is -0.315 e. The van der Waals surface area contributed by atoms with Gasteiger partial charge in [0.15, 0.2) is 0 Å². The van der Waals surface area contributed by atoms with E-state index >= 15 is 0 Å². The number of rotatable bonds is 14. The van der Waals surface area contributed by atoms with E-state index in [1.165, 1.54) is 44.9 Å². The number of aromatic nitrogens is 1. The number of sulfonamides is 1. The van der Waals surface area contributed by atoms with Gasteiger partial charge in [0, 0.05) is 36.3 Å². The Balaban J connectivity index is 1.62. The predicted molar refractivity (Wildman–Crippen MR) is 112 cm³/mol. The molecular formula is C21H33N3O2S. The van der Waals surface area contributed by atoms with E-state index in [1.807, 2.05) is 6.07 Å². The first-order chi connectivity index (χ1) is 13.1. The van der Waals surface area contributed by atoms with Crippen molar-refractivity contribution in [3.63, 3.8) is 0 Å². The fourth-order valence-corrected chi connectivity index (χ4v) is 4.45. The zero-order chi connectivity index (χ0) is 19.4. The van der Waals surface area contributed by atoms with Gasteiger partial charge in [0.05, 0.1) is 4.90 Å². The standard InChI is InChI=1S/C21H33N3O2S/c1-2-3-4-5-6-7-8-9-14-22-16-17-24-27(25,26)21-12-10-11-19-18-23-15-13-20(19)21/h10-13,15,18,22,24H,2-9,14,16-17H2,1H3. The highest BCUT2D eigenvalue weighted by molar-refractivity contribution is 7.89. The van der Waals surface area contributed by atoms with E-state index in [-0.39, 0.29) is 0 Å². The molecule has 0 saturated heterocycles. The van der Waals surface area contributed by atoms with Crippen LogP contribution in [0.5, 0.6) is 0 Å². The van der Waals surface area contributed by atoms with Crippen LogP contribution in [-0.2, 0) is 10.0 Å². The number of pyridine rings is 1. The van der Waals surface area contributed by atoms with Crippen molar-refractivity contribution >= 4 is 20.8 Å². The fraction of sp³-hybridized carbons (Fsp3) is 0.571. The molecule has 0 aliphatic rings. The molecule has 0 aliphatic carbocycles. The summed E-state index contributed by atoms with van der Waals surface area (Å²) in [4.78, 5) is 4.36. The van der Waals surface area contributed by atoms with Crippen molar-refractivity contribution in [1.82, 2.24) is 15.0 Å². The molecular weight excluding hydrogens is 358 g/mol. The molecule has 1 aromatic heterocycles. The lowest BCUT2D eigenvalue weighted by Gasteiger charge is -2.10. The number of hydrogen-bond donors (Lipinski definition) is 2. The summed E-state index contributed by atoms with van der Waals surface area (Å²) in [6.45, 7) is 4.21. The number of unbranched alkanes of at least 4 members (excludes halogenated alkanes) is 7. The molecule has 0 spiro atoms. The van der Waals surface area contributed by atoms with Crippen molar-refractivity contribution in [2.45, 2.75) is 63.2 Å². The van der Waals surface area contributed by atoms with Gasteiger partial charge in [-0.2, -0.15) is 0 Å². The molecule has 0 bridgehead atoms. The number of nitrogens with zero attached hydrogens (tertiary/aromatic N) is 1. The molecule has 1 aromatic carbocycles. The smallest absolute Gasteiger partial charge is 0.241 e. The lowest BCUT2D eigenvalue weighted by Crippen LogP contribution is -2.32. The van der Waals surface area contributed by atoms with Crippen molar-refractivity contribution in [2.75, 3.05) is 19.6 Å². The Bertz CT molecular complexity index is 773. The predicted octanol–water partition coefficient (Wildman–Crippen LogP) is 4.24. The first-order valence-electron chi connectivity index (χ1n) is 10.2. The molecule has 27 heavy (non-hydrogen) atoms. The van der Waals surface area contributed by atoms with Gasteiger partial charge in [-0.15, -0.1) is 0 Å². The van der Waals surface area contributed by atoms with Gasteiger partial charge in [-0.3, -0.25) is 4.98 Å². The zero-order valence-corrected chi connectivity index (χ0v) is 17.2. The van der Waals surface area contributed by atoms with E-state index in [0.29, 0.717) is 23.4 Å². The summed E-state index contributed by atoms with van der Waals surface area (Å²) in [6.07, 6.45) is 13.7. The highest BCUT2D eigenvalue weighted by atomic mass is 32.2. The second-order valence-electron chi connectivity index (χ2n) is 6.98. The van der Waals surface area contributed by atoms with Crippen molar-refractivity contribution in [3.05, 3.63) is 36.7 Å². The molecule has 0 radical (unpaired) electrons. The second kappa shape index (κ2) is 12.1. The maximum Gasteiger partial charge on any atom is 0.241 e. The van der Waals surface area contributed by atoms with Gasteiger partial charge in [0.25, 0.3) is 0 Å². The lowest BCUT2D eigenvalue weighted by molar-refractivity contribution is 0.550. The van der Waals surface area contributed by atoms with E-state index in [9.17, 15) is 8.42 Å². The normalized spacial score (nSPS) is 11.9. The Hall–Kier alpha value is -1.50. The molecule has 0 atom stereocenters. The van der Waals surface area contributed by atoms with Crippen LogP contribution in [0.1, 0.15) is 58.3 Å². The van der Waals surface area contributed by atoms with E-state index in [0.717, 1.165) is 18.4 Å². The van der Waals surface area contributed by atoms with Crippen LogP contribution in [-0.4, -0.2) is 33.0 Å². The average molecular weight is 392 g/mol. The number of fused-ring (bicyclic) bond motifs is 1. The molecule has 2 N–H and O–H groups in total. The maximum absolute atomic E-state index is 12.6. The fourth-order valence-electron chi connectivity index (χ4n) is 3.19. The van der Waals surface area contributed by atoms with Gasteiger partial charge in [0.2, 0.25) is 10.0 Å². The molecule has 0 unspecified atom stereocenters. The molecule has 2 aromatic rings. The summed E-state index contributed by atoms with van der Waals surface area (Å²) in [5.41, 5.74) is 0. The minimum absolute atomic E-state index is 0.311. The maximum atomic E-state index is 12.6. The summed E-state index contributed by atoms with van der Waals surface area (Å²) >= 11 is 0. The van der Waals surface area contributed by atoms with E-state index in [4.69, 9.17) is 0 Å². The summed E-state index contributed by atoms with van der Waals surface area (Å²) in [7, 11) is -3.52. The third-order valence-corrected chi connectivity index (χ3v) is 6.25. The van der Waals surface area contributed by atoms with Gasteiger partial charge in [-0.05, 0) is 25.1 Å². The van der Waals surface area contributed by atoms with Crippen LogP contribution >= 0.6 is 0 Å². The van der Waals surface area contributed by atoms with Crippen molar-refractivity contribution in [3.8, 4) is 0 Å². The lowest BCUT2D eigenvalue weighted by atomic mass is 10.1. The topological polar surface area (TPSA) is 71.1 Å². The molecule has 0 fully saturated rings. The Morgan fingerprint density at radius 3 is 2.41 bits per heavy atom. The molecule has 5 nitrogen and oxygen atoms in total. The highest BCUT2D eigenvalue weighted by Gasteiger charge is 2.16. The summed E-state index contributed by atoms with van der Waals surface area (Å²) in [5, 5.41) is 4.85. The van der Waals surface area contributed by atoms with Crippen LogP contribution < -0.4 is 10.0 Å². The number of benzene rings is 1. The number of nitrogens with one attached hydrogen (secondary N) is 2. The molecule has 0 aliphatic heterocycles. The van der Waals surface area contributed by atoms with Gasteiger partial charge >= 0.3 is 0 Å². The zero-order valence-electron chi connectivity index (χ0n) is 16.4. The van der Waals surface area contributed by atoms with Crippen molar-refractivity contribution in [2.24, 2.45) is 0 Å². The third kappa shape index (κ3) is 7.56. The third-order valence-electron chi connectivity index (χ3n) is 4.73. The summed E-state index contributed by atoms with van der Waals surface area (Å²) in [5.74, 6) is 0. The molecule has 2 rings (SSSR count). The van der Waals surface area contributed by atoms with E-state index < -0.39 is 10.0 Å². The largest absolute Gasteiger partial charge is 0.315 e. The first-order valence-corrected chi connectivity index (χ1v) is 11.7. The van der Waals surface area contributed by atoms with Crippen molar-refractivity contribution < 1.29 is 8.42 Å². The Kier molecular flexibility index (Phi) is 9.73. The molecule has 1 heterocycles. The summed E-state index contributed by atoms with van der Waals surface area (Å²) in [6, 6.07) is 6.99. The summed E-state index contributed by atoms with van der Waals surface area (Å²) < 4.78 is 27.8. The van der Waals surface area contributed by atoms with Crippen molar-refractivity contribution in [1.29, 1.82) is 0 Å². The second-order valence-corrected chi connectivity index (χ2v) is 8.71. The van der Waals surface area contributed by atoms with Gasteiger partial charge in [-0.1, -0.05) is 64.0 Å². The van der Waals surface area contributed by atoms with Gasteiger partial charge in [-0.25, -0.2) is 13.1 Å². The average Bonchev–Trinajstić information content (AvgIpc) is 2.68. The van der Waals surface area contributed by atoms with Crippen LogP contribution in [0.25, 0.3) is 10.8 Å². The number of hydrogen-bond acceptors (Lipinski definition) is 4. The highest BCUT2D eigenvalue weighted by Crippen LogP contribution is 2.21. The van der Waals surface area contributed by atoms with Crippen LogP contribution in [0.3, 0.4) is 0 Å². The Morgan fingerprint density at radius 2 is 1.63 bits per heavy atom. The molecule has 0 saturated carbocycles. The van der Waals surface area contributed by atoms with Crippen LogP contribution in [0, 0.1) is 0 Å². The quantitative estimate of drug-likeness (QED) is 0.473. The van der Waals surface area contributed by atoms with Gasteiger partial charge < -0.3 is 5.32 Å². The molecule has 6 heteroatoms. The Morgan fingerprint density at radius 1 is 0.889 bits per heavy atom. The Labute approximate surface area is 164 Å². The minimum atomic E-state index is -3.52. The molecule has 150 valence electrons. The SMILES string of the molecule is CCCCCCCCCCNCCNS(=O)(=O)c1cccc2cnccc12. The van der Waals surface area contributed by atoms with E-state index in [1.54, 1.807) is 30.6 Å². The van der Waals surface area contributed by atoms with Crippen LogP contribution in [0.15, 0.2) is 41.6 Å². The van der Waals surface area contributed by atoms with Crippen LogP contribution in [0.2, 0.25) is 0 Å². The monoisotopic (exact) mass is 391 g/mol. The van der Waals surface area contributed by atoms with Crippen LogP contribution in [0.4, 0.5) is 0 Å². The van der Waals surface area contributed by atoms with E-state index in [2.05, 4.69) is 21.9 Å². The first kappa shape index (κ1) is 21.8. The van der Waals surface area contributed by atoms with Gasteiger partial charge in [0.1, 0.15) is 0 Å².